The quantitative estimate of drug-likeness (QED) is 0.662. The first-order valence-electron chi connectivity index (χ1n) is 10.8. The Morgan fingerprint density at radius 1 is 1.25 bits per heavy atom. The van der Waals surface area contributed by atoms with Crippen molar-refractivity contribution in [2.45, 2.75) is 52.0 Å². The first-order chi connectivity index (χ1) is 13.6. The molecule has 5 heteroatoms. The van der Waals surface area contributed by atoms with Gasteiger partial charge in [0.25, 0.3) is 0 Å². The van der Waals surface area contributed by atoms with Gasteiger partial charge in [-0.1, -0.05) is 25.5 Å². The van der Waals surface area contributed by atoms with Gasteiger partial charge in [-0.25, -0.2) is 9.37 Å². The third-order valence-corrected chi connectivity index (χ3v) is 5.69. The lowest BCUT2D eigenvalue weighted by Gasteiger charge is -2.34. The number of piperidine rings is 1. The van der Waals surface area contributed by atoms with E-state index in [-0.39, 0.29) is 5.82 Å². The molecule has 154 valence electrons. The molecule has 1 aromatic heterocycles. The number of aryl methyl sites for hydroxylation is 1. The Labute approximate surface area is 169 Å². The fraction of sp³-hybridized carbons (Fsp3) is 0.609. The summed E-state index contributed by atoms with van der Waals surface area (Å²) in [5, 5.41) is 0. The molecular formula is C23H35FN4. The summed E-state index contributed by atoms with van der Waals surface area (Å²) in [5.41, 5.74) is 2.44. The van der Waals surface area contributed by atoms with E-state index in [0.29, 0.717) is 0 Å². The van der Waals surface area contributed by atoms with Crippen molar-refractivity contribution in [3.63, 3.8) is 0 Å². The van der Waals surface area contributed by atoms with Gasteiger partial charge in [-0.15, -0.1) is 0 Å². The summed E-state index contributed by atoms with van der Waals surface area (Å²) in [6.07, 6.45) is 9.02. The van der Waals surface area contributed by atoms with Gasteiger partial charge >= 0.3 is 0 Å². The largest absolute Gasteiger partial charge is 0.345 e. The molecule has 1 N–H and O–H groups in total. The number of nitrogens with zero attached hydrogens (tertiary/aromatic N) is 3. The molecule has 1 atom stereocenters. The summed E-state index contributed by atoms with van der Waals surface area (Å²) < 4.78 is 13.0. The van der Waals surface area contributed by atoms with Crippen LogP contribution in [0.15, 0.2) is 30.5 Å². The number of hydrogen-bond donors (Lipinski definition) is 1. The van der Waals surface area contributed by atoms with E-state index in [1.807, 2.05) is 18.3 Å². The molecule has 28 heavy (non-hydrogen) atoms. The van der Waals surface area contributed by atoms with Crippen molar-refractivity contribution in [1.82, 2.24) is 19.8 Å². The van der Waals surface area contributed by atoms with Crippen molar-refractivity contribution in [2.24, 2.45) is 5.92 Å². The van der Waals surface area contributed by atoms with E-state index < -0.39 is 0 Å². The zero-order valence-electron chi connectivity index (χ0n) is 17.5. The molecule has 0 saturated carbocycles. The average Bonchev–Trinajstić information content (AvgIpc) is 3.13. The van der Waals surface area contributed by atoms with E-state index >= 15 is 0 Å². The van der Waals surface area contributed by atoms with E-state index in [1.165, 1.54) is 43.5 Å². The zero-order valence-corrected chi connectivity index (χ0v) is 17.5. The predicted octanol–water partition coefficient (Wildman–Crippen LogP) is 4.28. The van der Waals surface area contributed by atoms with Crippen LogP contribution in [0.5, 0.6) is 0 Å². The minimum Gasteiger partial charge on any atom is -0.345 e. The number of benzene rings is 1. The Kier molecular flexibility index (Phi) is 8.04. The second kappa shape index (κ2) is 10.7. The molecular weight excluding hydrogens is 351 g/mol. The van der Waals surface area contributed by atoms with Crippen LogP contribution in [0.1, 0.15) is 49.7 Å². The molecule has 2 aromatic rings. The van der Waals surface area contributed by atoms with Gasteiger partial charge in [0, 0.05) is 44.5 Å². The summed E-state index contributed by atoms with van der Waals surface area (Å²) in [6.45, 7) is 7.68. The van der Waals surface area contributed by atoms with Crippen molar-refractivity contribution >= 4 is 0 Å². The van der Waals surface area contributed by atoms with Crippen LogP contribution in [0.3, 0.4) is 0 Å². The molecule has 3 rings (SSSR count). The molecule has 0 spiro atoms. The van der Waals surface area contributed by atoms with Crippen molar-refractivity contribution in [2.75, 3.05) is 33.2 Å². The van der Waals surface area contributed by atoms with Gasteiger partial charge in [0.15, 0.2) is 0 Å². The number of aromatic amines is 1. The highest BCUT2D eigenvalue weighted by molar-refractivity contribution is 5.16. The van der Waals surface area contributed by atoms with Crippen molar-refractivity contribution < 1.29 is 4.39 Å². The highest BCUT2D eigenvalue weighted by Gasteiger charge is 2.21. The number of rotatable bonds is 10. The number of imidazole rings is 1. The summed E-state index contributed by atoms with van der Waals surface area (Å²) in [7, 11) is 2.21. The summed E-state index contributed by atoms with van der Waals surface area (Å²) >= 11 is 0. The number of H-pyrrole nitrogens is 1. The molecule has 1 aromatic carbocycles. The van der Waals surface area contributed by atoms with Crippen molar-refractivity contribution in [1.29, 1.82) is 0 Å². The fourth-order valence-corrected chi connectivity index (χ4v) is 4.20. The molecule has 1 aliphatic heterocycles. The average molecular weight is 387 g/mol. The summed E-state index contributed by atoms with van der Waals surface area (Å²) in [4.78, 5) is 13.0. The second-order valence-corrected chi connectivity index (χ2v) is 8.34. The van der Waals surface area contributed by atoms with Crippen LogP contribution < -0.4 is 0 Å². The van der Waals surface area contributed by atoms with Crippen molar-refractivity contribution in [3.05, 3.63) is 53.4 Å². The van der Waals surface area contributed by atoms with Crippen molar-refractivity contribution in [3.8, 4) is 0 Å². The highest BCUT2D eigenvalue weighted by atomic mass is 19.1. The molecule has 1 saturated heterocycles. The third-order valence-electron chi connectivity index (χ3n) is 5.69. The Morgan fingerprint density at radius 3 is 2.86 bits per heavy atom. The van der Waals surface area contributed by atoms with Crippen LogP contribution in [0.2, 0.25) is 0 Å². The molecule has 1 aliphatic rings. The SMILES string of the molecule is CCCCc1ncc(CN(C)C[C@@H]2CCCN(CCc3ccc(F)cc3)C2)[nH]1. The van der Waals surface area contributed by atoms with E-state index in [9.17, 15) is 4.39 Å². The lowest BCUT2D eigenvalue weighted by molar-refractivity contribution is 0.142. The highest BCUT2D eigenvalue weighted by Crippen LogP contribution is 2.18. The number of aromatic nitrogens is 2. The Hall–Kier alpha value is -1.72. The van der Waals surface area contributed by atoms with E-state index in [4.69, 9.17) is 0 Å². The van der Waals surface area contributed by atoms with Crippen LogP contribution in [0.4, 0.5) is 4.39 Å². The first-order valence-corrected chi connectivity index (χ1v) is 10.8. The van der Waals surface area contributed by atoms with Gasteiger partial charge in [0.2, 0.25) is 0 Å². The zero-order chi connectivity index (χ0) is 19.8. The van der Waals surface area contributed by atoms with E-state index in [2.05, 4.69) is 33.7 Å². The van der Waals surface area contributed by atoms with Crippen LogP contribution >= 0.6 is 0 Å². The third kappa shape index (κ3) is 6.71. The van der Waals surface area contributed by atoms with E-state index in [1.54, 1.807) is 12.1 Å². The number of likely N-dealkylation sites (tertiary alicyclic amines) is 1. The number of hydrogen-bond acceptors (Lipinski definition) is 3. The smallest absolute Gasteiger partial charge is 0.123 e. The van der Waals surface area contributed by atoms with Gasteiger partial charge in [-0.2, -0.15) is 0 Å². The fourth-order valence-electron chi connectivity index (χ4n) is 4.20. The van der Waals surface area contributed by atoms with Gasteiger partial charge in [0.1, 0.15) is 11.6 Å². The topological polar surface area (TPSA) is 35.2 Å². The lowest BCUT2D eigenvalue weighted by atomic mass is 9.97. The Balaban J connectivity index is 1.41. The normalized spacial score (nSPS) is 18.1. The number of halogens is 1. The van der Waals surface area contributed by atoms with Crippen LogP contribution in [0.25, 0.3) is 0 Å². The van der Waals surface area contributed by atoms with Gasteiger partial charge in [-0.3, -0.25) is 0 Å². The molecule has 0 radical (unpaired) electrons. The predicted molar refractivity (Wildman–Crippen MR) is 113 cm³/mol. The molecule has 0 bridgehead atoms. The van der Waals surface area contributed by atoms with E-state index in [0.717, 1.165) is 50.8 Å². The summed E-state index contributed by atoms with van der Waals surface area (Å²) in [6, 6.07) is 6.94. The monoisotopic (exact) mass is 386 g/mol. The Morgan fingerprint density at radius 2 is 2.07 bits per heavy atom. The van der Waals surface area contributed by atoms with Gasteiger partial charge < -0.3 is 14.8 Å². The van der Waals surface area contributed by atoms with Crippen LogP contribution in [-0.2, 0) is 19.4 Å². The molecule has 4 nitrogen and oxygen atoms in total. The first kappa shape index (κ1) is 21.0. The lowest BCUT2D eigenvalue weighted by Crippen LogP contribution is -2.40. The van der Waals surface area contributed by atoms with Crippen LogP contribution in [0, 0.1) is 11.7 Å². The minimum absolute atomic E-state index is 0.153. The van der Waals surface area contributed by atoms with Gasteiger partial charge in [-0.05, 0) is 62.9 Å². The summed E-state index contributed by atoms with van der Waals surface area (Å²) in [5.74, 6) is 1.68. The molecule has 0 amide bonds. The standard InChI is InChI=1S/C23H35FN4/c1-3-4-7-23-25-15-22(26-23)18-27(2)16-20-6-5-13-28(17-20)14-12-19-8-10-21(24)11-9-19/h8-11,15,20H,3-7,12-14,16-18H2,1-2H3,(H,25,26)/t20-/m0/s1. The maximum atomic E-state index is 13.0. The maximum absolute atomic E-state index is 13.0. The maximum Gasteiger partial charge on any atom is 0.123 e. The minimum atomic E-state index is -0.153. The molecule has 1 fully saturated rings. The van der Waals surface area contributed by atoms with Gasteiger partial charge in [0.05, 0.1) is 0 Å². The molecule has 2 heterocycles. The molecule has 0 aliphatic carbocycles. The van der Waals surface area contributed by atoms with Crippen LogP contribution in [-0.4, -0.2) is 53.0 Å². The Bertz CT molecular complexity index is 697. The second-order valence-electron chi connectivity index (χ2n) is 8.34. The number of nitrogens with one attached hydrogen (secondary N) is 1. The number of unbranched alkanes of at least 4 members (excludes halogenated alkanes) is 1. The molecule has 0 unspecified atom stereocenters.